The summed E-state index contributed by atoms with van der Waals surface area (Å²) in [6.45, 7) is 6.11. The van der Waals surface area contributed by atoms with E-state index in [2.05, 4.69) is 5.32 Å². The van der Waals surface area contributed by atoms with Crippen LogP contribution in [-0.2, 0) is 4.79 Å². The molecule has 0 aliphatic rings. The zero-order valence-electron chi connectivity index (χ0n) is 12.3. The van der Waals surface area contributed by atoms with Gasteiger partial charge in [-0.15, -0.1) is 0 Å². The number of carbonyl (C=O) groups is 1. The first-order valence-electron chi connectivity index (χ1n) is 6.62. The van der Waals surface area contributed by atoms with Crippen LogP contribution in [0, 0.1) is 10.1 Å². The van der Waals surface area contributed by atoms with Crippen molar-refractivity contribution in [1.82, 2.24) is 10.2 Å². The highest BCUT2D eigenvalue weighted by molar-refractivity contribution is 5.81. The maximum atomic E-state index is 12.0. The summed E-state index contributed by atoms with van der Waals surface area (Å²) in [6.07, 6.45) is 0. The number of benzene rings is 1. The normalized spacial score (nSPS) is 13.6. The Morgan fingerprint density at radius 3 is 2.55 bits per heavy atom. The van der Waals surface area contributed by atoms with Gasteiger partial charge in [-0.05, 0) is 20.8 Å². The molecule has 0 spiro atoms. The van der Waals surface area contributed by atoms with E-state index in [-0.39, 0.29) is 17.6 Å². The maximum Gasteiger partial charge on any atom is 0.274 e. The second-order valence-corrected chi connectivity index (χ2v) is 4.78. The molecule has 110 valence electrons. The first-order chi connectivity index (χ1) is 9.38. The Balaban J connectivity index is 2.84. The molecule has 0 heterocycles. The Morgan fingerprint density at radius 1 is 1.40 bits per heavy atom. The number of carbonyl (C=O) groups excluding carboxylic acids is 1. The van der Waals surface area contributed by atoms with Crippen LogP contribution in [0.2, 0.25) is 0 Å². The second kappa shape index (κ2) is 7.00. The third kappa shape index (κ3) is 3.77. The van der Waals surface area contributed by atoms with E-state index < -0.39 is 11.0 Å². The average Bonchev–Trinajstić information content (AvgIpc) is 2.45. The molecule has 2 unspecified atom stereocenters. The van der Waals surface area contributed by atoms with E-state index >= 15 is 0 Å². The SMILES string of the molecule is CCN(C)C(=O)C(C)NC(C)c1ccccc1[N+](=O)[O-]. The fourth-order valence-electron chi connectivity index (χ4n) is 2.04. The van der Waals surface area contributed by atoms with Gasteiger partial charge in [0.2, 0.25) is 5.91 Å². The van der Waals surface area contributed by atoms with Crippen LogP contribution in [0.1, 0.15) is 32.4 Å². The number of rotatable bonds is 6. The van der Waals surface area contributed by atoms with Crippen LogP contribution in [0.25, 0.3) is 0 Å². The first-order valence-corrected chi connectivity index (χ1v) is 6.62. The average molecular weight is 279 g/mol. The molecule has 0 bridgehead atoms. The lowest BCUT2D eigenvalue weighted by atomic mass is 10.1. The standard InChI is InChI=1S/C14H21N3O3/c1-5-16(4)14(18)11(3)15-10(2)12-8-6-7-9-13(12)17(19)20/h6-11,15H,5H2,1-4H3. The molecule has 1 aromatic carbocycles. The summed E-state index contributed by atoms with van der Waals surface area (Å²) in [4.78, 5) is 24.2. The number of nitrogens with one attached hydrogen (secondary N) is 1. The third-order valence-electron chi connectivity index (χ3n) is 3.32. The van der Waals surface area contributed by atoms with Crippen LogP contribution in [0.15, 0.2) is 24.3 Å². The number of nitro benzene ring substituents is 1. The molecule has 6 heteroatoms. The van der Waals surface area contributed by atoms with Crippen molar-refractivity contribution in [3.63, 3.8) is 0 Å². The Hall–Kier alpha value is -1.95. The van der Waals surface area contributed by atoms with E-state index in [9.17, 15) is 14.9 Å². The molecule has 1 rings (SSSR count). The topological polar surface area (TPSA) is 75.5 Å². The van der Waals surface area contributed by atoms with E-state index in [0.29, 0.717) is 12.1 Å². The summed E-state index contributed by atoms with van der Waals surface area (Å²) >= 11 is 0. The molecule has 1 amide bonds. The van der Waals surface area contributed by atoms with Crippen LogP contribution in [0.3, 0.4) is 0 Å². The van der Waals surface area contributed by atoms with E-state index in [1.54, 1.807) is 37.1 Å². The Morgan fingerprint density at radius 2 is 2.00 bits per heavy atom. The zero-order valence-corrected chi connectivity index (χ0v) is 12.3. The van der Waals surface area contributed by atoms with Gasteiger partial charge < -0.3 is 4.90 Å². The van der Waals surface area contributed by atoms with Crippen molar-refractivity contribution < 1.29 is 9.72 Å². The summed E-state index contributed by atoms with van der Waals surface area (Å²) in [5, 5.41) is 14.1. The van der Waals surface area contributed by atoms with Gasteiger partial charge in [0.1, 0.15) is 0 Å². The van der Waals surface area contributed by atoms with Crippen molar-refractivity contribution in [1.29, 1.82) is 0 Å². The van der Waals surface area contributed by atoms with Crippen LogP contribution < -0.4 is 5.32 Å². The number of nitro groups is 1. The summed E-state index contributed by atoms with van der Waals surface area (Å²) < 4.78 is 0. The van der Waals surface area contributed by atoms with Crippen molar-refractivity contribution in [2.45, 2.75) is 32.9 Å². The molecular formula is C14H21N3O3. The predicted molar refractivity (Wildman–Crippen MR) is 77.4 cm³/mol. The number of nitrogens with zero attached hydrogens (tertiary/aromatic N) is 2. The fraction of sp³-hybridized carbons (Fsp3) is 0.500. The highest BCUT2D eigenvalue weighted by Gasteiger charge is 2.23. The van der Waals surface area contributed by atoms with E-state index in [1.807, 2.05) is 13.8 Å². The summed E-state index contributed by atoms with van der Waals surface area (Å²) in [6, 6.07) is 5.89. The quantitative estimate of drug-likeness (QED) is 0.639. The maximum absolute atomic E-state index is 12.0. The van der Waals surface area contributed by atoms with Gasteiger partial charge in [-0.3, -0.25) is 20.2 Å². The molecule has 20 heavy (non-hydrogen) atoms. The number of hydrogen-bond donors (Lipinski definition) is 1. The largest absolute Gasteiger partial charge is 0.345 e. The van der Waals surface area contributed by atoms with Crippen LogP contribution >= 0.6 is 0 Å². The smallest absolute Gasteiger partial charge is 0.274 e. The number of amides is 1. The van der Waals surface area contributed by atoms with Gasteiger partial charge >= 0.3 is 0 Å². The lowest BCUT2D eigenvalue weighted by Gasteiger charge is -2.24. The second-order valence-electron chi connectivity index (χ2n) is 4.78. The van der Waals surface area contributed by atoms with E-state index in [0.717, 1.165) is 0 Å². The van der Waals surface area contributed by atoms with Crippen LogP contribution in [0.5, 0.6) is 0 Å². The molecule has 6 nitrogen and oxygen atoms in total. The number of hydrogen-bond acceptors (Lipinski definition) is 4. The third-order valence-corrected chi connectivity index (χ3v) is 3.32. The van der Waals surface area contributed by atoms with Crippen molar-refractivity contribution in [2.75, 3.05) is 13.6 Å². The van der Waals surface area contributed by atoms with Gasteiger partial charge in [0.05, 0.1) is 11.0 Å². The van der Waals surface area contributed by atoms with Gasteiger partial charge in [0.15, 0.2) is 0 Å². The number of likely N-dealkylation sites (N-methyl/N-ethyl adjacent to an activating group) is 1. The molecule has 0 aromatic heterocycles. The Labute approximate surface area is 118 Å². The lowest BCUT2D eigenvalue weighted by Crippen LogP contribution is -2.43. The van der Waals surface area contributed by atoms with Gasteiger partial charge in [0, 0.05) is 31.3 Å². The Bertz CT molecular complexity index is 490. The van der Waals surface area contributed by atoms with Gasteiger partial charge in [-0.1, -0.05) is 18.2 Å². The number of para-hydroxylation sites is 1. The minimum Gasteiger partial charge on any atom is -0.345 e. The van der Waals surface area contributed by atoms with E-state index in [4.69, 9.17) is 0 Å². The minimum absolute atomic E-state index is 0.0297. The monoisotopic (exact) mass is 279 g/mol. The van der Waals surface area contributed by atoms with Crippen molar-refractivity contribution in [2.24, 2.45) is 0 Å². The highest BCUT2D eigenvalue weighted by Crippen LogP contribution is 2.24. The van der Waals surface area contributed by atoms with Gasteiger partial charge in [0.25, 0.3) is 5.69 Å². The first kappa shape index (κ1) is 16.1. The molecule has 0 fully saturated rings. The molecule has 0 saturated heterocycles. The molecule has 1 aromatic rings. The molecule has 1 N–H and O–H groups in total. The molecule has 0 aliphatic heterocycles. The molecular weight excluding hydrogens is 258 g/mol. The molecule has 2 atom stereocenters. The highest BCUT2D eigenvalue weighted by atomic mass is 16.6. The van der Waals surface area contributed by atoms with Crippen molar-refractivity contribution in [3.8, 4) is 0 Å². The zero-order chi connectivity index (χ0) is 15.3. The minimum atomic E-state index is -0.405. The van der Waals surface area contributed by atoms with Crippen molar-refractivity contribution in [3.05, 3.63) is 39.9 Å². The summed E-state index contributed by atoms with van der Waals surface area (Å²) in [7, 11) is 1.73. The lowest BCUT2D eigenvalue weighted by molar-refractivity contribution is -0.385. The predicted octanol–water partition coefficient (Wildman–Crippen LogP) is 2.11. The van der Waals surface area contributed by atoms with E-state index in [1.165, 1.54) is 6.07 Å². The summed E-state index contributed by atoms with van der Waals surface area (Å²) in [5.41, 5.74) is 0.646. The van der Waals surface area contributed by atoms with Gasteiger partial charge in [-0.25, -0.2) is 0 Å². The Kier molecular flexibility index (Phi) is 5.64. The fourth-order valence-corrected chi connectivity index (χ4v) is 2.04. The van der Waals surface area contributed by atoms with Crippen molar-refractivity contribution >= 4 is 11.6 Å². The van der Waals surface area contributed by atoms with Crippen LogP contribution in [-0.4, -0.2) is 35.4 Å². The summed E-state index contributed by atoms with van der Waals surface area (Å²) in [5.74, 6) is -0.0297. The molecule has 0 aliphatic carbocycles. The van der Waals surface area contributed by atoms with Crippen LogP contribution in [0.4, 0.5) is 5.69 Å². The molecule has 0 saturated carbocycles. The van der Waals surface area contributed by atoms with Gasteiger partial charge in [-0.2, -0.15) is 0 Å². The molecule has 0 radical (unpaired) electrons.